The van der Waals surface area contributed by atoms with Crippen molar-refractivity contribution in [3.8, 4) is 0 Å². The van der Waals surface area contributed by atoms with Crippen molar-refractivity contribution in [1.29, 1.82) is 0 Å². The Kier molecular flexibility index (Phi) is 3.41. The van der Waals surface area contributed by atoms with E-state index in [0.717, 1.165) is 12.0 Å². The summed E-state index contributed by atoms with van der Waals surface area (Å²) in [6.07, 6.45) is 4.16. The first kappa shape index (κ1) is 13.9. The summed E-state index contributed by atoms with van der Waals surface area (Å²) in [5.74, 6) is 0.101. The van der Waals surface area contributed by atoms with E-state index in [0.29, 0.717) is 0 Å². The maximum Gasteiger partial charge on any atom is 0.106 e. The largest absolute Gasteiger partial charge is 0.495 e. The van der Waals surface area contributed by atoms with Crippen LogP contribution in [0, 0.1) is 5.92 Å². The molecule has 0 radical (unpaired) electrons. The highest BCUT2D eigenvalue weighted by Crippen LogP contribution is 2.55. The van der Waals surface area contributed by atoms with Crippen LogP contribution in [0.4, 0.5) is 0 Å². The molecule has 1 heterocycles. The number of hydrogen-bond acceptors (Lipinski definition) is 3. The zero-order valence-electron chi connectivity index (χ0n) is 11.1. The second kappa shape index (κ2) is 3.93. The number of rotatable bonds is 3. The average molecular weight is 248 g/mol. The van der Waals surface area contributed by atoms with Crippen LogP contribution in [-0.4, -0.2) is 25.7 Å². The van der Waals surface area contributed by atoms with Gasteiger partial charge in [-0.2, -0.15) is 10.6 Å². The SMILES string of the molecule is C[C@@H](C1=COC(C)(C)C1)C(C)(C)S(C)(O)O. The predicted octanol–water partition coefficient (Wildman–Crippen LogP) is 3.86. The van der Waals surface area contributed by atoms with Gasteiger partial charge in [0.25, 0.3) is 0 Å². The number of ether oxygens (including phenoxy) is 1. The zero-order valence-corrected chi connectivity index (χ0v) is 11.9. The highest BCUT2D eigenvalue weighted by atomic mass is 32.3. The molecule has 0 spiro atoms. The molecule has 0 aromatic heterocycles. The third-order valence-corrected chi connectivity index (χ3v) is 6.10. The fourth-order valence-electron chi connectivity index (χ4n) is 1.85. The van der Waals surface area contributed by atoms with Gasteiger partial charge in [-0.25, -0.2) is 0 Å². The Bertz CT molecular complexity index is 300. The molecule has 0 unspecified atom stereocenters. The van der Waals surface area contributed by atoms with E-state index in [1.807, 2.05) is 34.6 Å². The molecule has 1 aliphatic rings. The van der Waals surface area contributed by atoms with Crippen LogP contribution in [0.1, 0.15) is 41.0 Å². The minimum Gasteiger partial charge on any atom is -0.495 e. The molecule has 0 amide bonds. The van der Waals surface area contributed by atoms with Gasteiger partial charge in [-0.05, 0) is 33.3 Å². The topological polar surface area (TPSA) is 49.7 Å². The van der Waals surface area contributed by atoms with Crippen molar-refractivity contribution >= 4 is 10.6 Å². The summed E-state index contributed by atoms with van der Waals surface area (Å²) in [6, 6.07) is 0. The van der Waals surface area contributed by atoms with E-state index >= 15 is 0 Å². The maximum absolute atomic E-state index is 9.88. The predicted molar refractivity (Wildman–Crippen MR) is 69.9 cm³/mol. The molecule has 0 aromatic rings. The van der Waals surface area contributed by atoms with Crippen LogP contribution in [-0.2, 0) is 4.74 Å². The van der Waals surface area contributed by atoms with Gasteiger partial charge in [0.1, 0.15) is 5.60 Å². The van der Waals surface area contributed by atoms with Crippen LogP contribution in [0.2, 0.25) is 0 Å². The van der Waals surface area contributed by atoms with Gasteiger partial charge in [-0.15, -0.1) is 0 Å². The monoisotopic (exact) mass is 248 g/mol. The highest BCUT2D eigenvalue weighted by molar-refractivity contribution is 8.24. The van der Waals surface area contributed by atoms with Crippen molar-refractivity contribution in [2.45, 2.75) is 51.4 Å². The van der Waals surface area contributed by atoms with Crippen molar-refractivity contribution in [3.05, 3.63) is 11.8 Å². The van der Waals surface area contributed by atoms with E-state index < -0.39 is 15.3 Å². The molecule has 1 atom stereocenters. The summed E-state index contributed by atoms with van der Waals surface area (Å²) in [6.45, 7) is 9.92. The summed E-state index contributed by atoms with van der Waals surface area (Å²) in [7, 11) is -2.57. The van der Waals surface area contributed by atoms with Crippen LogP contribution in [0.3, 0.4) is 0 Å². The molecule has 1 aliphatic heterocycles. The average Bonchev–Trinajstić information content (AvgIpc) is 2.42. The molecule has 0 aliphatic carbocycles. The molecule has 2 N–H and O–H groups in total. The third-order valence-electron chi connectivity index (χ3n) is 3.75. The van der Waals surface area contributed by atoms with Crippen molar-refractivity contribution < 1.29 is 13.8 Å². The van der Waals surface area contributed by atoms with Crippen molar-refractivity contribution in [2.24, 2.45) is 5.92 Å². The van der Waals surface area contributed by atoms with Crippen molar-refractivity contribution in [1.82, 2.24) is 0 Å². The van der Waals surface area contributed by atoms with Crippen LogP contribution < -0.4 is 0 Å². The van der Waals surface area contributed by atoms with Gasteiger partial charge >= 0.3 is 0 Å². The Labute approximate surface area is 100 Å². The van der Waals surface area contributed by atoms with Crippen molar-refractivity contribution in [2.75, 3.05) is 6.26 Å². The molecular weight excluding hydrogens is 224 g/mol. The fourth-order valence-corrected chi connectivity index (χ4v) is 2.67. The first-order valence-electron chi connectivity index (χ1n) is 5.57. The lowest BCUT2D eigenvalue weighted by Gasteiger charge is -2.47. The van der Waals surface area contributed by atoms with E-state index in [9.17, 15) is 9.11 Å². The van der Waals surface area contributed by atoms with Gasteiger partial charge in [0.05, 0.1) is 11.0 Å². The first-order valence-corrected chi connectivity index (χ1v) is 7.52. The fraction of sp³-hybridized carbons (Fsp3) is 0.833. The maximum atomic E-state index is 9.88. The molecule has 0 aromatic carbocycles. The molecule has 4 heteroatoms. The van der Waals surface area contributed by atoms with Gasteiger partial charge in [-0.1, -0.05) is 6.92 Å². The second-order valence-corrected chi connectivity index (χ2v) is 8.62. The molecule has 1 rings (SSSR count). The Hall–Kier alpha value is -0.190. The van der Waals surface area contributed by atoms with Gasteiger partial charge in [0, 0.05) is 18.6 Å². The Morgan fingerprint density at radius 1 is 1.44 bits per heavy atom. The van der Waals surface area contributed by atoms with Gasteiger partial charge in [0.15, 0.2) is 0 Å². The molecule has 0 fully saturated rings. The quantitative estimate of drug-likeness (QED) is 0.797. The Balaban J connectivity index is 2.84. The van der Waals surface area contributed by atoms with E-state index in [1.54, 1.807) is 6.26 Å². The highest BCUT2D eigenvalue weighted by Gasteiger charge is 2.41. The summed E-state index contributed by atoms with van der Waals surface area (Å²) in [5.41, 5.74) is 1.01. The van der Waals surface area contributed by atoms with Gasteiger partial charge in [0.2, 0.25) is 0 Å². The molecule has 0 bridgehead atoms. The summed E-state index contributed by atoms with van der Waals surface area (Å²) in [4.78, 5) is 0. The lowest BCUT2D eigenvalue weighted by atomic mass is 9.85. The second-order valence-electron chi connectivity index (χ2n) is 5.91. The Morgan fingerprint density at radius 3 is 2.25 bits per heavy atom. The van der Waals surface area contributed by atoms with Crippen LogP contribution in [0.15, 0.2) is 11.8 Å². The summed E-state index contributed by atoms with van der Waals surface area (Å²) < 4.78 is 24.8. The standard InChI is InChI=1S/C12H24O3S/c1-9(12(4,5)16(6,13)14)10-7-11(2,3)15-8-10/h8-9,13-14H,7H2,1-6H3/t9-/m0/s1. The van der Waals surface area contributed by atoms with Crippen LogP contribution >= 0.6 is 10.6 Å². The number of hydrogen-bond donors (Lipinski definition) is 2. The lowest BCUT2D eigenvalue weighted by molar-refractivity contribution is 0.0823. The first-order chi connectivity index (χ1) is 6.97. The third kappa shape index (κ3) is 2.55. The smallest absolute Gasteiger partial charge is 0.106 e. The zero-order chi connectivity index (χ0) is 12.8. The molecule has 0 saturated heterocycles. The van der Waals surface area contributed by atoms with E-state index in [-0.39, 0.29) is 11.5 Å². The van der Waals surface area contributed by atoms with Gasteiger partial charge < -0.3 is 4.74 Å². The molecule has 0 saturated carbocycles. The summed E-state index contributed by atoms with van der Waals surface area (Å²) in [5, 5.41) is 0. The van der Waals surface area contributed by atoms with E-state index in [2.05, 4.69) is 0 Å². The molecular formula is C12H24O3S. The lowest BCUT2D eigenvalue weighted by Crippen LogP contribution is -2.36. The van der Waals surface area contributed by atoms with Gasteiger partial charge in [-0.3, -0.25) is 9.11 Å². The van der Waals surface area contributed by atoms with Crippen LogP contribution in [0.25, 0.3) is 0 Å². The summed E-state index contributed by atoms with van der Waals surface area (Å²) >= 11 is 0. The molecule has 16 heavy (non-hydrogen) atoms. The Morgan fingerprint density at radius 2 is 1.94 bits per heavy atom. The molecule has 3 nitrogen and oxygen atoms in total. The minimum atomic E-state index is -2.57. The minimum absolute atomic E-state index is 0.101. The molecule has 96 valence electrons. The van der Waals surface area contributed by atoms with Crippen molar-refractivity contribution in [3.63, 3.8) is 0 Å². The van der Waals surface area contributed by atoms with Crippen LogP contribution in [0.5, 0.6) is 0 Å². The normalized spacial score (nSPS) is 23.6. The van der Waals surface area contributed by atoms with E-state index in [4.69, 9.17) is 4.74 Å². The van der Waals surface area contributed by atoms with E-state index in [1.165, 1.54) is 6.26 Å².